The van der Waals surface area contributed by atoms with Crippen LogP contribution in [0.5, 0.6) is 0 Å². The molecule has 1 fully saturated rings. The van der Waals surface area contributed by atoms with Crippen LogP contribution in [0.15, 0.2) is 67.3 Å². The molecule has 2 amide bonds. The Hall–Kier alpha value is -4.09. The largest absolute Gasteiger partial charge is 0.378 e. The molecule has 35 heavy (non-hydrogen) atoms. The van der Waals surface area contributed by atoms with Crippen LogP contribution in [0.1, 0.15) is 19.3 Å². The Labute approximate surface area is 204 Å². The number of aromatic nitrogens is 3. The maximum Gasteiger partial charge on any atom is 0.265 e. The zero-order valence-electron chi connectivity index (χ0n) is 18.5. The van der Waals surface area contributed by atoms with Crippen molar-refractivity contribution in [2.24, 2.45) is 0 Å². The molecule has 5 rings (SSSR count). The molecule has 1 saturated heterocycles. The number of benzene rings is 2. The first-order chi connectivity index (χ1) is 17.1. The minimum Gasteiger partial charge on any atom is -0.378 e. The van der Waals surface area contributed by atoms with Gasteiger partial charge in [0.05, 0.1) is 34.3 Å². The van der Waals surface area contributed by atoms with Gasteiger partial charge in [0.15, 0.2) is 5.82 Å². The highest BCUT2D eigenvalue weighted by molar-refractivity contribution is 7.16. The van der Waals surface area contributed by atoms with Crippen molar-refractivity contribution >= 4 is 40.2 Å². The molecule has 178 valence electrons. The lowest BCUT2D eigenvalue weighted by Crippen LogP contribution is -2.36. The van der Waals surface area contributed by atoms with E-state index in [4.69, 9.17) is 4.74 Å². The number of hydrogen-bond donors (Lipinski definition) is 2. The summed E-state index contributed by atoms with van der Waals surface area (Å²) < 4.78 is 21.2. The van der Waals surface area contributed by atoms with Gasteiger partial charge in [-0.3, -0.25) is 9.59 Å². The molecule has 0 radical (unpaired) electrons. The summed E-state index contributed by atoms with van der Waals surface area (Å²) in [4.78, 5) is 32.3. The topological polar surface area (TPSA) is 101 Å². The molecule has 0 spiro atoms. The number of para-hydroxylation sites is 2. The molecule has 0 bridgehead atoms. The third kappa shape index (κ3) is 5.05. The van der Waals surface area contributed by atoms with Gasteiger partial charge in [0, 0.05) is 18.8 Å². The lowest BCUT2D eigenvalue weighted by molar-refractivity contribution is 0.102. The first-order valence-corrected chi connectivity index (χ1v) is 11.7. The summed E-state index contributed by atoms with van der Waals surface area (Å²) in [5, 5.41) is 9.51. The van der Waals surface area contributed by atoms with Crippen LogP contribution in [-0.4, -0.2) is 52.9 Å². The van der Waals surface area contributed by atoms with Crippen molar-refractivity contribution in [1.82, 2.24) is 14.8 Å². The molecular weight excluding hydrogens is 471 g/mol. The summed E-state index contributed by atoms with van der Waals surface area (Å²) in [6.45, 7) is 2.77. The Morgan fingerprint density at radius 3 is 2.40 bits per heavy atom. The molecule has 2 N–H and O–H groups in total. The molecule has 4 aromatic rings. The van der Waals surface area contributed by atoms with Crippen molar-refractivity contribution in [3.05, 3.63) is 82.8 Å². The minimum absolute atomic E-state index is 0.216. The van der Waals surface area contributed by atoms with Gasteiger partial charge in [0.1, 0.15) is 18.3 Å². The number of anilines is 3. The van der Waals surface area contributed by atoms with E-state index in [0.29, 0.717) is 28.7 Å². The van der Waals surface area contributed by atoms with Crippen LogP contribution >= 0.6 is 11.3 Å². The Morgan fingerprint density at radius 2 is 1.69 bits per heavy atom. The quantitative estimate of drug-likeness (QED) is 0.425. The maximum absolute atomic E-state index is 14.4. The van der Waals surface area contributed by atoms with Gasteiger partial charge in [-0.05, 0) is 42.5 Å². The predicted molar refractivity (Wildman–Crippen MR) is 131 cm³/mol. The third-order valence-electron chi connectivity index (χ3n) is 5.43. The standard InChI is InChI=1S/C24H21FN6O3S/c25-17-13-16(5-6-19(17)31-15-26-14-27-31)28-23(32)21-7-8-22(35-21)24(33)29-18-3-1-2-4-20(18)30-9-11-34-12-10-30/h1-8,13-15H,9-12H2,(H,28,32)(H,29,33). The summed E-state index contributed by atoms with van der Waals surface area (Å²) in [5.74, 6) is -1.30. The second kappa shape index (κ2) is 10.0. The molecule has 9 nitrogen and oxygen atoms in total. The molecule has 1 aliphatic rings. The number of morpholine rings is 1. The van der Waals surface area contributed by atoms with E-state index in [1.54, 1.807) is 18.2 Å². The van der Waals surface area contributed by atoms with Gasteiger partial charge in [0.2, 0.25) is 0 Å². The number of nitrogens with one attached hydrogen (secondary N) is 2. The summed E-state index contributed by atoms with van der Waals surface area (Å²) in [7, 11) is 0. The van der Waals surface area contributed by atoms with Crippen LogP contribution in [0.4, 0.5) is 21.5 Å². The zero-order chi connectivity index (χ0) is 24.2. The van der Waals surface area contributed by atoms with Crippen LogP contribution in [0.25, 0.3) is 5.69 Å². The van der Waals surface area contributed by atoms with Gasteiger partial charge >= 0.3 is 0 Å². The highest BCUT2D eigenvalue weighted by Gasteiger charge is 2.19. The van der Waals surface area contributed by atoms with Crippen LogP contribution in [0.3, 0.4) is 0 Å². The Morgan fingerprint density at radius 1 is 0.943 bits per heavy atom. The number of amides is 2. The van der Waals surface area contributed by atoms with Crippen molar-refractivity contribution in [2.45, 2.75) is 0 Å². The van der Waals surface area contributed by atoms with Gasteiger partial charge in [0.25, 0.3) is 11.8 Å². The molecule has 0 unspecified atom stereocenters. The van der Waals surface area contributed by atoms with Crippen molar-refractivity contribution in [2.75, 3.05) is 41.8 Å². The highest BCUT2D eigenvalue weighted by atomic mass is 32.1. The van der Waals surface area contributed by atoms with Crippen molar-refractivity contribution in [3.8, 4) is 5.69 Å². The number of nitrogens with zero attached hydrogens (tertiary/aromatic N) is 4. The second-order valence-electron chi connectivity index (χ2n) is 7.69. The van der Waals surface area contributed by atoms with E-state index >= 15 is 0 Å². The normalized spacial score (nSPS) is 13.5. The monoisotopic (exact) mass is 492 g/mol. The maximum atomic E-state index is 14.4. The van der Waals surface area contributed by atoms with E-state index in [9.17, 15) is 14.0 Å². The average molecular weight is 493 g/mol. The zero-order valence-corrected chi connectivity index (χ0v) is 19.3. The van der Waals surface area contributed by atoms with Gasteiger partial charge in [-0.15, -0.1) is 11.3 Å². The lowest BCUT2D eigenvalue weighted by atomic mass is 10.2. The smallest absolute Gasteiger partial charge is 0.265 e. The summed E-state index contributed by atoms with van der Waals surface area (Å²) in [6.07, 6.45) is 2.69. The fourth-order valence-corrected chi connectivity index (χ4v) is 4.52. The van der Waals surface area contributed by atoms with E-state index in [-0.39, 0.29) is 17.3 Å². The Balaban J connectivity index is 1.26. The average Bonchev–Trinajstić information content (AvgIpc) is 3.58. The molecule has 11 heteroatoms. The molecular formula is C24H21FN6O3S. The van der Waals surface area contributed by atoms with Crippen LogP contribution in [-0.2, 0) is 4.74 Å². The van der Waals surface area contributed by atoms with Crippen molar-refractivity contribution in [3.63, 3.8) is 0 Å². The third-order valence-corrected chi connectivity index (χ3v) is 6.51. The molecule has 0 saturated carbocycles. The molecule has 1 aliphatic heterocycles. The summed E-state index contributed by atoms with van der Waals surface area (Å²) >= 11 is 1.06. The van der Waals surface area contributed by atoms with Crippen LogP contribution < -0.4 is 15.5 Å². The predicted octanol–water partition coefficient (Wildman–Crippen LogP) is 3.81. The molecule has 2 aromatic carbocycles. The fourth-order valence-electron chi connectivity index (χ4n) is 3.72. The second-order valence-corrected chi connectivity index (χ2v) is 8.78. The number of rotatable bonds is 6. The van der Waals surface area contributed by atoms with Gasteiger partial charge in [-0.2, -0.15) is 5.10 Å². The minimum atomic E-state index is -0.557. The fraction of sp³-hybridized carbons (Fsp3) is 0.167. The van der Waals surface area contributed by atoms with E-state index in [0.717, 1.165) is 30.1 Å². The number of carbonyl (C=O) groups excluding carboxylic acids is 2. The first kappa shape index (κ1) is 22.7. The van der Waals surface area contributed by atoms with Gasteiger partial charge in [-0.25, -0.2) is 14.1 Å². The number of halogens is 1. The van der Waals surface area contributed by atoms with Crippen molar-refractivity contribution < 1.29 is 18.7 Å². The molecule has 0 aliphatic carbocycles. The lowest BCUT2D eigenvalue weighted by Gasteiger charge is -2.30. The van der Waals surface area contributed by atoms with Crippen LogP contribution in [0, 0.1) is 5.82 Å². The number of thiophene rings is 1. The van der Waals surface area contributed by atoms with E-state index in [1.165, 1.54) is 29.5 Å². The van der Waals surface area contributed by atoms with Crippen LogP contribution in [0.2, 0.25) is 0 Å². The number of carbonyl (C=O) groups is 2. The Bertz CT molecular complexity index is 1350. The Kier molecular flexibility index (Phi) is 6.51. The summed E-state index contributed by atoms with van der Waals surface area (Å²) in [5.41, 5.74) is 2.12. The van der Waals surface area contributed by atoms with E-state index in [2.05, 4.69) is 25.6 Å². The number of ether oxygens (including phenoxy) is 1. The van der Waals surface area contributed by atoms with Gasteiger partial charge < -0.3 is 20.3 Å². The molecule has 2 aromatic heterocycles. The van der Waals surface area contributed by atoms with Crippen molar-refractivity contribution in [1.29, 1.82) is 0 Å². The number of hydrogen-bond acceptors (Lipinski definition) is 7. The summed E-state index contributed by atoms with van der Waals surface area (Å²) in [6, 6.07) is 15.0. The van der Waals surface area contributed by atoms with E-state index < -0.39 is 11.7 Å². The molecule has 3 heterocycles. The van der Waals surface area contributed by atoms with E-state index in [1.807, 2.05) is 24.3 Å². The highest BCUT2D eigenvalue weighted by Crippen LogP contribution is 2.28. The molecule has 0 atom stereocenters. The van der Waals surface area contributed by atoms with Gasteiger partial charge in [-0.1, -0.05) is 12.1 Å². The first-order valence-electron chi connectivity index (χ1n) is 10.9. The SMILES string of the molecule is O=C(Nc1ccc(-n2cncn2)c(F)c1)c1ccc(C(=O)Nc2ccccc2N2CCOCC2)s1.